The lowest BCUT2D eigenvalue weighted by Crippen LogP contribution is -2.34. The van der Waals surface area contributed by atoms with Crippen LogP contribution < -0.4 is 15.8 Å². The summed E-state index contributed by atoms with van der Waals surface area (Å²) in [5.74, 6) is 2.50. The smallest absolute Gasteiger partial charge is 0.312 e. The van der Waals surface area contributed by atoms with Gasteiger partial charge in [-0.15, -0.1) is 17.8 Å². The molecule has 0 saturated carbocycles. The van der Waals surface area contributed by atoms with Crippen LogP contribution in [0.4, 0.5) is 5.69 Å². The standard InChI is InChI=1S/C36H43N5O5S/c1-10-17-40(19-25-11-16-29-28(18-25)33(43)41(24(3)38-29)22-45-34(44)35(4,5)6)27-14-12-26(13-15-27)31(42)39-30(20-46-36(7,8)9)32-37-23(2)21-47-32/h1,11-16,18,21,30H,17,19-20,22H2,2-9H3,(H,39,42). The maximum absolute atomic E-state index is 13.4. The lowest BCUT2D eigenvalue weighted by Gasteiger charge is -2.25. The van der Waals surface area contributed by atoms with Crippen molar-refractivity contribution in [2.45, 2.75) is 80.3 Å². The number of ether oxygens (including phenoxy) is 2. The summed E-state index contributed by atoms with van der Waals surface area (Å²) in [6.45, 7) is 15.6. The summed E-state index contributed by atoms with van der Waals surface area (Å²) >= 11 is 1.49. The monoisotopic (exact) mass is 657 g/mol. The van der Waals surface area contributed by atoms with Gasteiger partial charge >= 0.3 is 5.97 Å². The molecule has 2 aromatic carbocycles. The number of esters is 1. The number of thiazole rings is 1. The second kappa shape index (κ2) is 14.5. The minimum Gasteiger partial charge on any atom is -0.443 e. The predicted octanol–water partition coefficient (Wildman–Crippen LogP) is 5.94. The van der Waals surface area contributed by atoms with Crippen LogP contribution in [-0.2, 0) is 27.5 Å². The zero-order valence-corrected chi connectivity index (χ0v) is 29.2. The summed E-state index contributed by atoms with van der Waals surface area (Å²) in [4.78, 5) is 50.2. The van der Waals surface area contributed by atoms with Crippen LogP contribution >= 0.6 is 11.3 Å². The number of hydrogen-bond acceptors (Lipinski definition) is 9. The first-order valence-electron chi connectivity index (χ1n) is 15.4. The van der Waals surface area contributed by atoms with E-state index in [9.17, 15) is 14.4 Å². The van der Waals surface area contributed by atoms with Gasteiger partial charge in [0.1, 0.15) is 16.9 Å². The number of aromatic nitrogens is 3. The molecule has 0 bridgehead atoms. The number of anilines is 1. The highest BCUT2D eigenvalue weighted by atomic mass is 32.1. The quantitative estimate of drug-likeness (QED) is 0.156. The van der Waals surface area contributed by atoms with Crippen LogP contribution in [0.15, 0.2) is 52.6 Å². The minimum atomic E-state index is -0.693. The molecule has 1 atom stereocenters. The van der Waals surface area contributed by atoms with Crippen molar-refractivity contribution >= 4 is 39.8 Å². The summed E-state index contributed by atoms with van der Waals surface area (Å²) in [7, 11) is 0. The zero-order valence-electron chi connectivity index (χ0n) is 28.3. The number of amides is 1. The van der Waals surface area contributed by atoms with E-state index in [-0.39, 0.29) is 29.8 Å². The Bertz CT molecular complexity index is 1840. The van der Waals surface area contributed by atoms with Gasteiger partial charge < -0.3 is 19.7 Å². The first-order valence-corrected chi connectivity index (χ1v) is 16.3. The number of terminal acetylenes is 1. The van der Waals surface area contributed by atoms with E-state index in [1.807, 2.05) is 56.2 Å². The number of rotatable bonds is 11. The molecule has 0 radical (unpaired) electrons. The maximum Gasteiger partial charge on any atom is 0.312 e. The first-order chi connectivity index (χ1) is 22.1. The largest absolute Gasteiger partial charge is 0.443 e. The van der Waals surface area contributed by atoms with Crippen molar-refractivity contribution in [2.24, 2.45) is 5.41 Å². The fraction of sp³-hybridized carbons (Fsp3) is 0.417. The second-order valence-corrected chi connectivity index (χ2v) is 14.3. The van der Waals surface area contributed by atoms with Crippen molar-refractivity contribution in [1.29, 1.82) is 0 Å². The third-order valence-corrected chi connectivity index (χ3v) is 8.30. The number of hydrogen-bond donors (Lipinski definition) is 1. The SMILES string of the molecule is C#CCN(Cc1ccc2nc(C)n(COC(=O)C(C)(C)C)c(=O)c2c1)c1ccc(C(=O)NC(COC(C)(C)C)c2nc(C)cs2)cc1. The summed E-state index contributed by atoms with van der Waals surface area (Å²) in [5, 5.41) is 6.23. The summed E-state index contributed by atoms with van der Waals surface area (Å²) in [6.07, 6.45) is 5.73. The van der Waals surface area contributed by atoms with Crippen molar-refractivity contribution in [1.82, 2.24) is 19.9 Å². The van der Waals surface area contributed by atoms with Crippen LogP contribution in [0.1, 0.15) is 80.0 Å². The molecule has 0 aliphatic carbocycles. The van der Waals surface area contributed by atoms with E-state index in [0.29, 0.717) is 42.0 Å². The van der Waals surface area contributed by atoms with Crippen LogP contribution in [-0.4, -0.2) is 45.2 Å². The highest BCUT2D eigenvalue weighted by Gasteiger charge is 2.24. The predicted molar refractivity (Wildman–Crippen MR) is 185 cm³/mol. The minimum absolute atomic E-state index is 0.217. The molecule has 1 unspecified atom stereocenters. The molecular formula is C36H43N5O5S. The fourth-order valence-electron chi connectivity index (χ4n) is 4.64. The third-order valence-electron chi connectivity index (χ3n) is 7.22. The van der Waals surface area contributed by atoms with Gasteiger partial charge in [0.2, 0.25) is 0 Å². The van der Waals surface area contributed by atoms with E-state index in [1.165, 1.54) is 15.9 Å². The van der Waals surface area contributed by atoms with E-state index in [0.717, 1.165) is 22.0 Å². The summed E-state index contributed by atoms with van der Waals surface area (Å²) in [5.41, 5.74) is 2.23. The van der Waals surface area contributed by atoms with Crippen molar-refractivity contribution in [2.75, 3.05) is 18.1 Å². The molecule has 4 aromatic rings. The normalized spacial score (nSPS) is 12.4. The molecule has 10 nitrogen and oxygen atoms in total. The Labute approximate surface area is 280 Å². The summed E-state index contributed by atoms with van der Waals surface area (Å²) in [6, 6.07) is 12.3. The lowest BCUT2D eigenvalue weighted by atomic mass is 9.98. The topological polar surface area (TPSA) is 116 Å². The van der Waals surface area contributed by atoms with Crippen molar-refractivity contribution < 1.29 is 19.1 Å². The average molecular weight is 658 g/mol. The van der Waals surface area contributed by atoms with Gasteiger partial charge in [0.05, 0.1) is 35.1 Å². The molecule has 2 aromatic heterocycles. The van der Waals surface area contributed by atoms with Crippen LogP contribution in [0.25, 0.3) is 10.9 Å². The Morgan fingerprint density at radius 1 is 1.06 bits per heavy atom. The Hall–Kier alpha value is -4.53. The van der Waals surface area contributed by atoms with Gasteiger partial charge in [0.15, 0.2) is 6.73 Å². The van der Waals surface area contributed by atoms with Gasteiger partial charge in [-0.1, -0.05) is 12.0 Å². The van der Waals surface area contributed by atoms with Gasteiger partial charge in [-0.3, -0.25) is 19.0 Å². The molecule has 0 saturated heterocycles. The van der Waals surface area contributed by atoms with Gasteiger partial charge in [0, 0.05) is 28.9 Å². The Kier molecular flexibility index (Phi) is 10.9. The molecule has 11 heteroatoms. The molecule has 248 valence electrons. The van der Waals surface area contributed by atoms with Gasteiger partial charge in [-0.05, 0) is 97.4 Å². The fourth-order valence-corrected chi connectivity index (χ4v) is 5.48. The highest BCUT2D eigenvalue weighted by Crippen LogP contribution is 2.24. The van der Waals surface area contributed by atoms with E-state index in [1.54, 1.807) is 52.0 Å². The molecular weight excluding hydrogens is 614 g/mol. The number of carbonyl (C=O) groups is 2. The number of aryl methyl sites for hydroxylation is 2. The molecule has 47 heavy (non-hydrogen) atoms. The number of nitrogens with zero attached hydrogens (tertiary/aromatic N) is 4. The van der Waals surface area contributed by atoms with Gasteiger partial charge in [-0.2, -0.15) is 0 Å². The molecule has 1 N–H and O–H groups in total. The Morgan fingerprint density at radius 3 is 2.36 bits per heavy atom. The highest BCUT2D eigenvalue weighted by molar-refractivity contribution is 7.09. The van der Waals surface area contributed by atoms with E-state index < -0.39 is 11.4 Å². The molecule has 1 amide bonds. The van der Waals surface area contributed by atoms with E-state index >= 15 is 0 Å². The first kappa shape index (κ1) is 35.3. The van der Waals surface area contributed by atoms with Crippen molar-refractivity contribution in [3.63, 3.8) is 0 Å². The lowest BCUT2D eigenvalue weighted by molar-refractivity contribution is -0.157. The molecule has 0 aliphatic rings. The van der Waals surface area contributed by atoms with Crippen LogP contribution in [0, 0.1) is 31.6 Å². The van der Waals surface area contributed by atoms with Crippen molar-refractivity contribution in [3.05, 3.63) is 85.9 Å². The molecule has 0 fully saturated rings. The average Bonchev–Trinajstić information content (AvgIpc) is 3.44. The Balaban J connectivity index is 1.52. The van der Waals surface area contributed by atoms with Crippen LogP contribution in [0.3, 0.4) is 0 Å². The third kappa shape index (κ3) is 9.27. The number of carbonyl (C=O) groups excluding carboxylic acids is 2. The van der Waals surface area contributed by atoms with E-state index in [2.05, 4.69) is 21.2 Å². The number of benzene rings is 2. The number of nitrogens with one attached hydrogen (secondary N) is 1. The second-order valence-electron chi connectivity index (χ2n) is 13.4. The summed E-state index contributed by atoms with van der Waals surface area (Å²) < 4.78 is 12.7. The molecule has 4 rings (SSSR count). The van der Waals surface area contributed by atoms with Crippen molar-refractivity contribution in [3.8, 4) is 12.3 Å². The molecule has 0 aliphatic heterocycles. The molecule has 0 spiro atoms. The maximum atomic E-state index is 13.4. The zero-order chi connectivity index (χ0) is 34.5. The van der Waals surface area contributed by atoms with Gasteiger partial charge in [0.25, 0.3) is 11.5 Å². The van der Waals surface area contributed by atoms with Crippen LogP contribution in [0.2, 0.25) is 0 Å². The van der Waals surface area contributed by atoms with Crippen LogP contribution in [0.5, 0.6) is 0 Å². The molecule has 2 heterocycles. The van der Waals surface area contributed by atoms with E-state index in [4.69, 9.17) is 15.9 Å². The Morgan fingerprint density at radius 2 is 1.77 bits per heavy atom. The number of fused-ring (bicyclic) bond motifs is 1. The van der Waals surface area contributed by atoms with Gasteiger partial charge in [-0.25, -0.2) is 9.97 Å².